The molecule has 0 bridgehead atoms. The van der Waals surface area contributed by atoms with Crippen molar-refractivity contribution >= 4 is 55.6 Å². The van der Waals surface area contributed by atoms with Crippen molar-refractivity contribution < 1.29 is 19.1 Å². The highest BCUT2D eigenvalue weighted by Gasteiger charge is 2.15. The summed E-state index contributed by atoms with van der Waals surface area (Å²) in [5, 5.41) is 4.99. The highest BCUT2D eigenvalue weighted by Crippen LogP contribution is 2.30. The Labute approximate surface area is 301 Å². The van der Waals surface area contributed by atoms with Crippen LogP contribution in [0, 0.1) is 0 Å². The zero-order valence-corrected chi connectivity index (χ0v) is 28.8. The van der Waals surface area contributed by atoms with Crippen LogP contribution in [0.3, 0.4) is 0 Å². The first-order chi connectivity index (χ1) is 25.7. The summed E-state index contributed by atoms with van der Waals surface area (Å²) in [6.07, 6.45) is 6.31. The minimum Gasteiger partial charge on any atom is -0.462 e. The lowest BCUT2D eigenvalue weighted by Gasteiger charge is -2.09. The molecule has 0 amide bonds. The average Bonchev–Trinajstić information content (AvgIpc) is 3.70. The van der Waals surface area contributed by atoms with Gasteiger partial charge in [-0.15, -0.1) is 0 Å². The van der Waals surface area contributed by atoms with Crippen LogP contribution in [0.1, 0.15) is 46.4 Å². The molecule has 4 aromatic heterocycles. The van der Waals surface area contributed by atoms with E-state index >= 15 is 0 Å². The highest BCUT2D eigenvalue weighted by molar-refractivity contribution is 6.08. The van der Waals surface area contributed by atoms with Gasteiger partial charge in [0.05, 0.1) is 35.7 Å². The molecule has 0 radical (unpaired) electrons. The van der Waals surface area contributed by atoms with Crippen molar-refractivity contribution in [2.75, 3.05) is 13.2 Å². The summed E-state index contributed by atoms with van der Waals surface area (Å²) in [6, 6.07) is 40.3. The van der Waals surface area contributed by atoms with Crippen molar-refractivity contribution in [1.29, 1.82) is 0 Å². The SMILES string of the molecule is O=C(OCCCCn1c2ccccc2c2ccccc21)c1ccnc(-c2cc(C(=O)OCCCCn3c4ccccc4c4ccccc43)ccn2)c1. The standard InChI is InChI=1S/C44H38N4O4/c49-43(51-27-11-9-25-47-39-17-5-1-13-33(39)34-14-2-6-18-40(34)47)31-21-23-45-37(29-31)38-30-32(22-24-46-38)44(50)52-28-12-10-26-48-41-19-7-3-15-35(41)36-16-4-8-20-42(36)48/h1-8,13-24,29-30H,9-12,25-28H2. The predicted octanol–water partition coefficient (Wildman–Crippen LogP) is 9.63. The van der Waals surface area contributed by atoms with E-state index in [0.717, 1.165) is 38.8 Å². The first kappa shape index (κ1) is 32.9. The number of pyridine rings is 2. The molecule has 0 N–H and O–H groups in total. The van der Waals surface area contributed by atoms with Crippen LogP contribution in [-0.2, 0) is 22.6 Å². The average molecular weight is 687 g/mol. The molecule has 52 heavy (non-hydrogen) atoms. The maximum absolute atomic E-state index is 13.0. The second-order valence-electron chi connectivity index (χ2n) is 12.9. The fourth-order valence-electron chi connectivity index (χ4n) is 7.12. The third kappa shape index (κ3) is 6.63. The number of benzene rings is 4. The maximum atomic E-state index is 13.0. The summed E-state index contributed by atoms with van der Waals surface area (Å²) in [4.78, 5) is 34.8. The third-order valence-corrected chi connectivity index (χ3v) is 9.63. The fraction of sp³-hybridized carbons (Fsp3) is 0.182. The van der Waals surface area contributed by atoms with Gasteiger partial charge >= 0.3 is 11.9 Å². The Bertz CT molecular complexity index is 2270. The summed E-state index contributed by atoms with van der Waals surface area (Å²) >= 11 is 0. The molecule has 4 heterocycles. The van der Waals surface area contributed by atoms with E-state index in [-0.39, 0.29) is 0 Å². The van der Waals surface area contributed by atoms with E-state index in [0.29, 0.717) is 35.7 Å². The molecule has 0 aliphatic heterocycles. The third-order valence-electron chi connectivity index (χ3n) is 9.63. The lowest BCUT2D eigenvalue weighted by Crippen LogP contribution is -2.09. The molecule has 0 unspecified atom stereocenters. The predicted molar refractivity (Wildman–Crippen MR) is 205 cm³/mol. The summed E-state index contributed by atoms with van der Waals surface area (Å²) in [7, 11) is 0. The smallest absolute Gasteiger partial charge is 0.338 e. The number of para-hydroxylation sites is 4. The number of aromatic nitrogens is 4. The van der Waals surface area contributed by atoms with Crippen LogP contribution in [0.4, 0.5) is 0 Å². The second-order valence-corrected chi connectivity index (χ2v) is 12.9. The Kier molecular flexibility index (Phi) is 9.43. The number of carbonyl (C=O) groups is 2. The molecule has 258 valence electrons. The van der Waals surface area contributed by atoms with E-state index in [9.17, 15) is 9.59 Å². The lowest BCUT2D eigenvalue weighted by molar-refractivity contribution is 0.0488. The number of ether oxygens (including phenoxy) is 2. The number of esters is 2. The Morgan fingerprint density at radius 1 is 0.462 bits per heavy atom. The quantitative estimate of drug-likeness (QED) is 0.0887. The van der Waals surface area contributed by atoms with Crippen LogP contribution < -0.4 is 0 Å². The van der Waals surface area contributed by atoms with Gasteiger partial charge in [0.2, 0.25) is 0 Å². The number of hydrogen-bond donors (Lipinski definition) is 0. The Hall–Kier alpha value is -6.28. The van der Waals surface area contributed by atoms with E-state index in [1.165, 1.54) is 43.6 Å². The number of rotatable bonds is 13. The molecule has 8 heteroatoms. The van der Waals surface area contributed by atoms with Crippen LogP contribution >= 0.6 is 0 Å². The van der Waals surface area contributed by atoms with Crippen molar-refractivity contribution in [2.24, 2.45) is 0 Å². The zero-order valence-electron chi connectivity index (χ0n) is 28.8. The molecule has 8 rings (SSSR count). The van der Waals surface area contributed by atoms with Gasteiger partial charge in [-0.1, -0.05) is 72.8 Å². The van der Waals surface area contributed by atoms with E-state index < -0.39 is 11.9 Å². The second kappa shape index (κ2) is 14.9. The molecule has 0 saturated heterocycles. The number of nitrogens with zero attached hydrogens (tertiary/aromatic N) is 4. The van der Waals surface area contributed by atoms with Gasteiger partial charge in [0.1, 0.15) is 0 Å². The van der Waals surface area contributed by atoms with Gasteiger partial charge in [-0.3, -0.25) is 9.97 Å². The lowest BCUT2D eigenvalue weighted by atomic mass is 10.1. The molecular formula is C44H38N4O4. The minimum absolute atomic E-state index is 0.311. The van der Waals surface area contributed by atoms with Crippen LogP contribution in [0.15, 0.2) is 134 Å². The first-order valence-corrected chi connectivity index (χ1v) is 17.8. The summed E-state index contributed by atoms with van der Waals surface area (Å²) in [5.74, 6) is -0.839. The number of hydrogen-bond acceptors (Lipinski definition) is 6. The van der Waals surface area contributed by atoms with Crippen LogP contribution in [0.5, 0.6) is 0 Å². The number of fused-ring (bicyclic) bond motifs is 6. The van der Waals surface area contributed by atoms with Crippen molar-refractivity contribution in [2.45, 2.75) is 38.8 Å². The van der Waals surface area contributed by atoms with Gasteiger partial charge in [0, 0.05) is 69.1 Å². The Morgan fingerprint density at radius 2 is 0.808 bits per heavy atom. The van der Waals surface area contributed by atoms with Crippen molar-refractivity contribution in [1.82, 2.24) is 19.1 Å². The molecule has 4 aromatic carbocycles. The normalized spacial score (nSPS) is 11.5. The van der Waals surface area contributed by atoms with Crippen LogP contribution in [0.25, 0.3) is 55.0 Å². The topological polar surface area (TPSA) is 88.2 Å². The summed E-state index contributed by atoms with van der Waals surface area (Å²) in [6.45, 7) is 2.29. The maximum Gasteiger partial charge on any atom is 0.338 e. The van der Waals surface area contributed by atoms with Gasteiger partial charge in [0.25, 0.3) is 0 Å². The fourth-order valence-corrected chi connectivity index (χ4v) is 7.12. The molecule has 0 atom stereocenters. The summed E-state index contributed by atoms with van der Waals surface area (Å²) in [5.41, 5.74) is 6.55. The Balaban J connectivity index is 0.828. The van der Waals surface area contributed by atoms with Crippen molar-refractivity contribution in [3.8, 4) is 11.4 Å². The first-order valence-electron chi connectivity index (χ1n) is 17.8. The number of unbranched alkanes of at least 4 members (excludes halogenated alkanes) is 2. The molecule has 0 aliphatic carbocycles. The van der Waals surface area contributed by atoms with Crippen LogP contribution in [0.2, 0.25) is 0 Å². The van der Waals surface area contributed by atoms with E-state index in [4.69, 9.17) is 9.47 Å². The summed E-state index contributed by atoms with van der Waals surface area (Å²) < 4.78 is 15.9. The highest BCUT2D eigenvalue weighted by atomic mass is 16.5. The number of carbonyl (C=O) groups excluding carboxylic acids is 2. The van der Waals surface area contributed by atoms with E-state index in [2.05, 4.69) is 116 Å². The van der Waals surface area contributed by atoms with Crippen molar-refractivity contribution in [3.05, 3.63) is 145 Å². The van der Waals surface area contributed by atoms with Gasteiger partial charge in [-0.25, -0.2) is 9.59 Å². The molecular weight excluding hydrogens is 649 g/mol. The molecule has 0 fully saturated rings. The molecule has 8 aromatic rings. The number of aryl methyl sites for hydroxylation is 2. The molecule has 0 saturated carbocycles. The van der Waals surface area contributed by atoms with E-state index in [1.54, 1.807) is 36.7 Å². The Morgan fingerprint density at radius 3 is 1.17 bits per heavy atom. The van der Waals surface area contributed by atoms with Gasteiger partial charge in [-0.2, -0.15) is 0 Å². The minimum atomic E-state index is -0.419. The van der Waals surface area contributed by atoms with Gasteiger partial charge in [0.15, 0.2) is 0 Å². The van der Waals surface area contributed by atoms with Gasteiger partial charge < -0.3 is 18.6 Å². The van der Waals surface area contributed by atoms with Crippen LogP contribution in [-0.4, -0.2) is 44.3 Å². The zero-order chi connectivity index (χ0) is 35.3. The molecule has 0 aliphatic rings. The van der Waals surface area contributed by atoms with Gasteiger partial charge in [-0.05, 0) is 74.2 Å². The largest absolute Gasteiger partial charge is 0.462 e. The monoisotopic (exact) mass is 686 g/mol. The van der Waals surface area contributed by atoms with Crippen molar-refractivity contribution in [3.63, 3.8) is 0 Å². The van der Waals surface area contributed by atoms with E-state index in [1.807, 2.05) is 0 Å². The molecule has 8 nitrogen and oxygen atoms in total. The molecule has 0 spiro atoms.